The first-order valence-electron chi connectivity index (χ1n) is 7.65. The summed E-state index contributed by atoms with van der Waals surface area (Å²) in [4.78, 5) is 18.8. The molecule has 1 aliphatic rings. The second-order valence-corrected chi connectivity index (χ2v) is 6.19. The van der Waals surface area contributed by atoms with Crippen molar-refractivity contribution >= 4 is 23.2 Å². The summed E-state index contributed by atoms with van der Waals surface area (Å²) in [6.45, 7) is 2.68. The number of nitrogens with zero attached hydrogens (tertiary/aromatic N) is 3. The molecule has 6 nitrogen and oxygen atoms in total. The van der Waals surface area contributed by atoms with E-state index < -0.39 is 0 Å². The molecular weight excluding hydrogens is 316 g/mol. The van der Waals surface area contributed by atoms with E-state index in [0.717, 1.165) is 5.69 Å². The number of anilines is 1. The summed E-state index contributed by atoms with van der Waals surface area (Å²) in [5.41, 5.74) is 0.838. The average Bonchev–Trinajstić information content (AvgIpc) is 3.14. The second kappa shape index (κ2) is 6.68. The van der Waals surface area contributed by atoms with Crippen LogP contribution >= 0.6 is 11.6 Å². The van der Waals surface area contributed by atoms with Crippen LogP contribution < -0.4 is 10.2 Å². The van der Waals surface area contributed by atoms with Crippen molar-refractivity contribution in [2.24, 2.45) is 0 Å². The van der Waals surface area contributed by atoms with Crippen molar-refractivity contribution in [2.75, 3.05) is 18.5 Å². The lowest BCUT2D eigenvalue weighted by Gasteiger charge is -2.16. The van der Waals surface area contributed by atoms with Crippen molar-refractivity contribution in [1.82, 2.24) is 15.5 Å². The first-order chi connectivity index (χ1) is 11.1. The molecule has 1 aromatic heterocycles. The smallest absolute Gasteiger partial charge is 0.239 e. The predicted molar refractivity (Wildman–Crippen MR) is 87.7 cm³/mol. The zero-order chi connectivity index (χ0) is 16.4. The van der Waals surface area contributed by atoms with Gasteiger partial charge in [0.25, 0.3) is 0 Å². The van der Waals surface area contributed by atoms with Crippen molar-refractivity contribution < 1.29 is 9.32 Å². The highest BCUT2D eigenvalue weighted by molar-refractivity contribution is 6.30. The Hall–Kier alpha value is -1.92. The number of carbonyl (C=O) groups is 1. The zero-order valence-electron chi connectivity index (χ0n) is 13.1. The molecule has 1 saturated heterocycles. The first-order valence-corrected chi connectivity index (χ1v) is 8.03. The summed E-state index contributed by atoms with van der Waals surface area (Å²) in [6, 6.07) is 7.50. The van der Waals surface area contributed by atoms with Gasteiger partial charge in [0.2, 0.25) is 11.8 Å². The zero-order valence-corrected chi connectivity index (χ0v) is 13.9. The van der Waals surface area contributed by atoms with Crippen LogP contribution in [0.25, 0.3) is 0 Å². The summed E-state index contributed by atoms with van der Waals surface area (Å²) in [6.07, 6.45) is 1.34. The van der Waals surface area contributed by atoms with E-state index in [0.29, 0.717) is 36.1 Å². The van der Waals surface area contributed by atoms with E-state index in [4.69, 9.17) is 16.1 Å². The van der Waals surface area contributed by atoms with Crippen molar-refractivity contribution in [3.63, 3.8) is 0 Å². The Morgan fingerprint density at radius 2 is 2.17 bits per heavy atom. The van der Waals surface area contributed by atoms with Crippen molar-refractivity contribution in [1.29, 1.82) is 0 Å². The normalized spacial score (nSPS) is 19.3. The SMILES string of the molecule is CNC(C)Cc1noc(C2CCN(c3ccc(Cl)cc3)C2=O)n1. The summed E-state index contributed by atoms with van der Waals surface area (Å²) in [7, 11) is 1.89. The highest BCUT2D eigenvalue weighted by Gasteiger charge is 2.37. The molecule has 0 bridgehead atoms. The van der Waals surface area contributed by atoms with Crippen LogP contribution in [0, 0.1) is 0 Å². The lowest BCUT2D eigenvalue weighted by molar-refractivity contribution is -0.118. The molecule has 0 aliphatic carbocycles. The Bertz CT molecular complexity index is 686. The number of benzene rings is 1. The number of nitrogens with one attached hydrogen (secondary N) is 1. The largest absolute Gasteiger partial charge is 0.338 e. The maximum absolute atomic E-state index is 12.6. The third-order valence-electron chi connectivity index (χ3n) is 4.11. The highest BCUT2D eigenvalue weighted by Crippen LogP contribution is 2.31. The van der Waals surface area contributed by atoms with Crippen LogP contribution in [0.5, 0.6) is 0 Å². The molecule has 23 heavy (non-hydrogen) atoms. The molecular formula is C16H19ClN4O2. The molecule has 0 radical (unpaired) electrons. The lowest BCUT2D eigenvalue weighted by atomic mass is 10.1. The quantitative estimate of drug-likeness (QED) is 0.909. The van der Waals surface area contributed by atoms with Gasteiger partial charge in [0.05, 0.1) is 0 Å². The van der Waals surface area contributed by atoms with Gasteiger partial charge in [-0.05, 0) is 44.7 Å². The first kappa shape index (κ1) is 16.0. The van der Waals surface area contributed by atoms with Crippen LogP contribution in [-0.2, 0) is 11.2 Å². The van der Waals surface area contributed by atoms with Crippen LogP contribution in [0.2, 0.25) is 5.02 Å². The molecule has 2 aromatic rings. The molecule has 1 N–H and O–H groups in total. The third-order valence-corrected chi connectivity index (χ3v) is 4.36. The van der Waals surface area contributed by atoms with E-state index in [2.05, 4.69) is 15.5 Å². The number of likely N-dealkylation sites (N-methyl/N-ethyl adjacent to an activating group) is 1. The van der Waals surface area contributed by atoms with Gasteiger partial charge in [-0.2, -0.15) is 4.98 Å². The van der Waals surface area contributed by atoms with Gasteiger partial charge in [-0.25, -0.2) is 0 Å². The topological polar surface area (TPSA) is 71.3 Å². The number of hydrogen-bond acceptors (Lipinski definition) is 5. The summed E-state index contributed by atoms with van der Waals surface area (Å²) < 4.78 is 5.31. The minimum Gasteiger partial charge on any atom is -0.338 e. The minimum absolute atomic E-state index is 0.0100. The second-order valence-electron chi connectivity index (χ2n) is 5.75. The van der Waals surface area contributed by atoms with Gasteiger partial charge in [0, 0.05) is 29.7 Å². The predicted octanol–water partition coefficient (Wildman–Crippen LogP) is 2.39. The van der Waals surface area contributed by atoms with E-state index in [1.54, 1.807) is 17.0 Å². The van der Waals surface area contributed by atoms with E-state index in [-0.39, 0.29) is 17.9 Å². The van der Waals surface area contributed by atoms with Gasteiger partial charge >= 0.3 is 0 Å². The van der Waals surface area contributed by atoms with E-state index >= 15 is 0 Å². The summed E-state index contributed by atoms with van der Waals surface area (Å²) in [5, 5.41) is 7.75. The number of halogens is 1. The molecule has 0 saturated carbocycles. The maximum Gasteiger partial charge on any atom is 0.239 e. The average molecular weight is 335 g/mol. The van der Waals surface area contributed by atoms with Crippen LogP contribution in [0.1, 0.15) is 31.0 Å². The van der Waals surface area contributed by atoms with Gasteiger partial charge in [-0.15, -0.1) is 0 Å². The summed E-state index contributed by atoms with van der Waals surface area (Å²) in [5.74, 6) is 0.658. The van der Waals surface area contributed by atoms with Gasteiger partial charge in [-0.3, -0.25) is 4.79 Å². The number of carbonyl (C=O) groups excluding carboxylic acids is 1. The standard InChI is InChI=1S/C16H19ClN4O2/c1-10(18-2)9-14-19-15(23-20-14)13-7-8-21(16(13)22)12-5-3-11(17)4-6-12/h3-6,10,13,18H,7-9H2,1-2H3. The molecule has 0 spiro atoms. The third kappa shape index (κ3) is 3.38. The van der Waals surface area contributed by atoms with Gasteiger partial charge < -0.3 is 14.7 Å². The lowest BCUT2D eigenvalue weighted by Crippen LogP contribution is -2.26. The van der Waals surface area contributed by atoms with Gasteiger partial charge in [0.15, 0.2) is 5.82 Å². The van der Waals surface area contributed by atoms with Gasteiger partial charge in [0.1, 0.15) is 5.92 Å². The Balaban J connectivity index is 1.73. The number of hydrogen-bond donors (Lipinski definition) is 1. The minimum atomic E-state index is -0.364. The molecule has 7 heteroatoms. The molecule has 122 valence electrons. The Kier molecular flexibility index (Phi) is 4.63. The highest BCUT2D eigenvalue weighted by atomic mass is 35.5. The molecule has 2 unspecified atom stereocenters. The van der Waals surface area contributed by atoms with Crippen LogP contribution in [-0.4, -0.2) is 35.7 Å². The molecule has 1 aliphatic heterocycles. The van der Waals surface area contributed by atoms with Crippen LogP contribution in [0.15, 0.2) is 28.8 Å². The van der Waals surface area contributed by atoms with Crippen molar-refractivity contribution in [3.8, 4) is 0 Å². The molecule has 1 amide bonds. The van der Waals surface area contributed by atoms with E-state index in [1.165, 1.54) is 0 Å². The fourth-order valence-electron chi connectivity index (χ4n) is 2.65. The number of aromatic nitrogens is 2. The molecule has 1 aromatic carbocycles. The molecule has 1 fully saturated rings. The fourth-order valence-corrected chi connectivity index (χ4v) is 2.78. The fraction of sp³-hybridized carbons (Fsp3) is 0.438. The van der Waals surface area contributed by atoms with Crippen LogP contribution in [0.4, 0.5) is 5.69 Å². The Morgan fingerprint density at radius 3 is 2.87 bits per heavy atom. The number of rotatable bonds is 5. The monoisotopic (exact) mass is 334 g/mol. The van der Waals surface area contributed by atoms with E-state index in [9.17, 15) is 4.79 Å². The van der Waals surface area contributed by atoms with Crippen molar-refractivity contribution in [2.45, 2.75) is 31.7 Å². The van der Waals surface area contributed by atoms with Crippen molar-refractivity contribution in [3.05, 3.63) is 41.0 Å². The maximum atomic E-state index is 12.6. The molecule has 3 rings (SSSR count). The summed E-state index contributed by atoms with van der Waals surface area (Å²) >= 11 is 5.89. The van der Waals surface area contributed by atoms with E-state index in [1.807, 2.05) is 26.1 Å². The molecule has 2 atom stereocenters. The molecule has 2 heterocycles. The Morgan fingerprint density at radius 1 is 1.43 bits per heavy atom. The number of amides is 1. The van der Waals surface area contributed by atoms with Gasteiger partial charge in [-0.1, -0.05) is 16.8 Å². The van der Waals surface area contributed by atoms with Crippen LogP contribution in [0.3, 0.4) is 0 Å². The Labute approximate surface area is 139 Å².